The molecule has 0 spiro atoms. The van der Waals surface area contributed by atoms with Crippen LogP contribution in [-0.2, 0) is 14.8 Å². The molecule has 0 bridgehead atoms. The van der Waals surface area contributed by atoms with Gasteiger partial charge < -0.3 is 4.74 Å². The van der Waals surface area contributed by atoms with Gasteiger partial charge in [-0.25, -0.2) is 8.42 Å². The molecule has 1 aromatic carbocycles. The minimum Gasteiger partial charge on any atom is -0.373 e. The zero-order chi connectivity index (χ0) is 16.7. The van der Waals surface area contributed by atoms with Gasteiger partial charge in [0.05, 0.1) is 27.0 Å². The number of sulfonamides is 1. The van der Waals surface area contributed by atoms with E-state index in [9.17, 15) is 18.5 Å². The molecule has 0 radical (unpaired) electrons. The maximum Gasteiger partial charge on any atom is 0.275 e. The van der Waals surface area contributed by atoms with E-state index in [1.165, 1.54) is 17.3 Å². The normalized spacial score (nSPS) is 23.5. The van der Waals surface area contributed by atoms with E-state index in [1.54, 1.807) is 13.8 Å². The molecule has 0 saturated carbocycles. The first-order valence-corrected chi connectivity index (χ1v) is 8.55. The van der Waals surface area contributed by atoms with Crippen molar-refractivity contribution in [2.24, 2.45) is 0 Å². The summed E-state index contributed by atoms with van der Waals surface area (Å²) >= 11 is 5.95. The van der Waals surface area contributed by atoms with Gasteiger partial charge in [-0.1, -0.05) is 11.6 Å². The number of nitro benzene ring substituents is 1. The molecule has 0 aliphatic carbocycles. The summed E-state index contributed by atoms with van der Waals surface area (Å²) in [7, 11) is -3.86. The van der Waals surface area contributed by atoms with Crippen molar-refractivity contribution in [2.45, 2.75) is 37.9 Å². The second kappa shape index (κ2) is 6.11. The van der Waals surface area contributed by atoms with Crippen molar-refractivity contribution in [2.75, 3.05) is 13.1 Å². The zero-order valence-electron chi connectivity index (χ0n) is 12.4. The first kappa shape index (κ1) is 17.1. The average molecular weight is 349 g/mol. The molecular weight excluding hydrogens is 332 g/mol. The fourth-order valence-electron chi connectivity index (χ4n) is 2.45. The van der Waals surface area contributed by atoms with Crippen molar-refractivity contribution < 1.29 is 18.1 Å². The van der Waals surface area contributed by atoms with E-state index >= 15 is 0 Å². The number of ether oxygens (including phenoxy) is 1. The molecule has 9 heteroatoms. The lowest BCUT2D eigenvalue weighted by molar-refractivity contribution is -0.385. The number of nitrogens with zero attached hydrogens (tertiary/aromatic N) is 2. The highest BCUT2D eigenvalue weighted by Crippen LogP contribution is 2.31. The van der Waals surface area contributed by atoms with Gasteiger partial charge in [-0.05, 0) is 26.8 Å². The number of benzene rings is 1. The van der Waals surface area contributed by atoms with E-state index in [4.69, 9.17) is 16.3 Å². The third-order valence-corrected chi connectivity index (χ3v) is 5.71. The molecule has 2 atom stereocenters. The predicted octanol–water partition coefficient (Wildman–Crippen LogP) is 2.35. The Morgan fingerprint density at radius 1 is 1.32 bits per heavy atom. The molecule has 1 aliphatic heterocycles. The number of nitro groups is 1. The number of halogens is 1. The van der Waals surface area contributed by atoms with Crippen molar-refractivity contribution in [3.8, 4) is 0 Å². The van der Waals surface area contributed by atoms with Crippen LogP contribution in [0.2, 0.25) is 5.02 Å². The number of hydrogen-bond acceptors (Lipinski definition) is 5. The third-order valence-electron chi connectivity index (χ3n) is 3.51. The Kier molecular flexibility index (Phi) is 4.76. The van der Waals surface area contributed by atoms with Crippen LogP contribution in [0.3, 0.4) is 0 Å². The van der Waals surface area contributed by atoms with Gasteiger partial charge in [0.25, 0.3) is 5.69 Å². The Bertz CT molecular complexity index is 697. The lowest BCUT2D eigenvalue weighted by Crippen LogP contribution is -2.48. The van der Waals surface area contributed by atoms with Gasteiger partial charge in [-0.2, -0.15) is 4.31 Å². The van der Waals surface area contributed by atoms with Crippen LogP contribution in [0.1, 0.15) is 19.4 Å². The summed E-state index contributed by atoms with van der Waals surface area (Å²) in [6.45, 7) is 5.44. The molecule has 122 valence electrons. The fraction of sp³-hybridized carbons (Fsp3) is 0.538. The van der Waals surface area contributed by atoms with Crippen molar-refractivity contribution in [3.63, 3.8) is 0 Å². The zero-order valence-corrected chi connectivity index (χ0v) is 14.0. The van der Waals surface area contributed by atoms with Gasteiger partial charge in [0, 0.05) is 24.7 Å². The van der Waals surface area contributed by atoms with Crippen LogP contribution in [-0.4, -0.2) is 42.9 Å². The molecule has 0 amide bonds. The third kappa shape index (κ3) is 3.24. The summed E-state index contributed by atoms with van der Waals surface area (Å²) in [5.41, 5.74) is -0.0604. The minimum absolute atomic E-state index is 0.0575. The number of rotatable bonds is 3. The summed E-state index contributed by atoms with van der Waals surface area (Å²) in [4.78, 5) is 10.2. The highest BCUT2D eigenvalue weighted by atomic mass is 35.5. The largest absolute Gasteiger partial charge is 0.373 e. The second-order valence-corrected chi connectivity index (χ2v) is 7.73. The number of hydrogen-bond donors (Lipinski definition) is 0. The Morgan fingerprint density at radius 3 is 2.36 bits per heavy atom. The number of morpholine rings is 1. The average Bonchev–Trinajstić information content (AvgIpc) is 2.40. The van der Waals surface area contributed by atoms with Crippen LogP contribution in [0.25, 0.3) is 0 Å². The predicted molar refractivity (Wildman–Crippen MR) is 81.6 cm³/mol. The molecule has 1 saturated heterocycles. The van der Waals surface area contributed by atoms with Gasteiger partial charge >= 0.3 is 0 Å². The standard InChI is InChI=1S/C13H17ClN2O5S/c1-8-6-15(7-9(2)21-8)22(19,20)11-4-12(14)10(3)13(5-11)16(17)18/h4-5,8-9H,6-7H2,1-3H3. The molecule has 0 N–H and O–H groups in total. The van der Waals surface area contributed by atoms with Crippen LogP contribution >= 0.6 is 11.6 Å². The maximum absolute atomic E-state index is 12.7. The van der Waals surface area contributed by atoms with Gasteiger partial charge in [-0.15, -0.1) is 0 Å². The van der Waals surface area contributed by atoms with Crippen molar-refractivity contribution in [1.29, 1.82) is 0 Å². The Labute approximate surface area is 134 Å². The van der Waals surface area contributed by atoms with Crippen molar-refractivity contribution in [3.05, 3.63) is 32.8 Å². The molecule has 1 heterocycles. The lowest BCUT2D eigenvalue weighted by Gasteiger charge is -2.34. The monoisotopic (exact) mass is 348 g/mol. The summed E-state index contributed by atoms with van der Waals surface area (Å²) in [6, 6.07) is 2.31. The van der Waals surface area contributed by atoms with Crippen molar-refractivity contribution >= 4 is 27.3 Å². The molecule has 2 unspecified atom stereocenters. The van der Waals surface area contributed by atoms with Gasteiger partial charge in [-0.3, -0.25) is 10.1 Å². The molecule has 7 nitrogen and oxygen atoms in total. The minimum atomic E-state index is -3.86. The van der Waals surface area contributed by atoms with E-state index in [2.05, 4.69) is 0 Å². The van der Waals surface area contributed by atoms with E-state index in [1.807, 2.05) is 0 Å². The molecule has 1 aromatic rings. The summed E-state index contributed by atoms with van der Waals surface area (Å²) in [5, 5.41) is 11.1. The molecule has 22 heavy (non-hydrogen) atoms. The SMILES string of the molecule is Cc1c(Cl)cc(S(=O)(=O)N2CC(C)OC(C)C2)cc1[N+](=O)[O-]. The molecule has 2 rings (SSSR count). The Balaban J connectivity index is 2.48. The molecule has 1 fully saturated rings. The quantitative estimate of drug-likeness (QED) is 0.617. The topological polar surface area (TPSA) is 89.8 Å². The van der Waals surface area contributed by atoms with E-state index < -0.39 is 14.9 Å². The van der Waals surface area contributed by atoms with Gasteiger partial charge in [0.15, 0.2) is 0 Å². The highest BCUT2D eigenvalue weighted by Gasteiger charge is 2.33. The first-order chi connectivity index (χ1) is 10.1. The maximum atomic E-state index is 12.7. The van der Waals surface area contributed by atoms with Gasteiger partial charge in [0.2, 0.25) is 10.0 Å². The van der Waals surface area contributed by atoms with E-state index in [-0.39, 0.29) is 46.5 Å². The molecular formula is C13H17ClN2O5S. The van der Waals surface area contributed by atoms with Crippen LogP contribution < -0.4 is 0 Å². The molecule has 0 aromatic heterocycles. The molecule has 1 aliphatic rings. The first-order valence-electron chi connectivity index (χ1n) is 6.73. The van der Waals surface area contributed by atoms with Crippen molar-refractivity contribution in [1.82, 2.24) is 4.31 Å². The van der Waals surface area contributed by atoms with Crippen LogP contribution in [0.4, 0.5) is 5.69 Å². The Morgan fingerprint density at radius 2 is 1.86 bits per heavy atom. The summed E-state index contributed by atoms with van der Waals surface area (Å²) in [6.07, 6.45) is -0.483. The van der Waals surface area contributed by atoms with Crippen LogP contribution in [0.15, 0.2) is 17.0 Å². The summed E-state index contributed by atoms with van der Waals surface area (Å²) in [5.74, 6) is 0. The smallest absolute Gasteiger partial charge is 0.275 e. The highest BCUT2D eigenvalue weighted by molar-refractivity contribution is 7.89. The second-order valence-electron chi connectivity index (χ2n) is 5.39. The van der Waals surface area contributed by atoms with Crippen LogP contribution in [0.5, 0.6) is 0 Å². The van der Waals surface area contributed by atoms with Gasteiger partial charge in [0.1, 0.15) is 0 Å². The lowest BCUT2D eigenvalue weighted by atomic mass is 10.2. The Hall–Kier alpha value is -1.22. The van der Waals surface area contributed by atoms with E-state index in [0.717, 1.165) is 6.07 Å². The fourth-order valence-corrected chi connectivity index (χ4v) is 4.37. The van der Waals surface area contributed by atoms with E-state index in [0.29, 0.717) is 0 Å². The summed E-state index contributed by atoms with van der Waals surface area (Å²) < 4.78 is 32.2. The van der Waals surface area contributed by atoms with Crippen LogP contribution in [0, 0.1) is 17.0 Å².